The predicted octanol–water partition coefficient (Wildman–Crippen LogP) is 3.83. The number of nitrogens with zero attached hydrogens (tertiary/aromatic N) is 1. The molecule has 0 heterocycles. The van der Waals surface area contributed by atoms with Gasteiger partial charge in [-0.3, -0.25) is 4.79 Å². The molecule has 1 N–H and O–H groups in total. The number of para-hydroxylation sites is 1. The fraction of sp³-hybridized carbons (Fsp3) is 0.0417. The number of carbonyl (C=O) groups excluding carboxylic acids is 2. The fourth-order valence-corrected chi connectivity index (χ4v) is 2.38. The van der Waals surface area contributed by atoms with Gasteiger partial charge in [0.2, 0.25) is 0 Å². The van der Waals surface area contributed by atoms with Gasteiger partial charge in [0.05, 0.1) is 6.21 Å². The molecular weight excluding hydrogens is 380 g/mol. The molecule has 150 valence electrons. The summed E-state index contributed by atoms with van der Waals surface area (Å²) in [5.41, 5.74) is 4.04. The summed E-state index contributed by atoms with van der Waals surface area (Å²) < 4.78 is 10.6. The molecule has 3 rings (SSSR count). The highest BCUT2D eigenvalue weighted by Gasteiger charge is 2.02. The number of carbonyl (C=O) groups is 2. The standard InChI is InChI=1S/C24H20N2O4/c27-23(18-29-21-9-5-2-6-10-21)26-25-17-20-11-14-22(15-12-20)30-24(28)16-13-19-7-3-1-4-8-19/h1-17H,18H2,(H,26,27)/b16-13+,25-17+. The minimum Gasteiger partial charge on any atom is -0.484 e. The van der Waals surface area contributed by atoms with E-state index in [1.807, 2.05) is 48.5 Å². The van der Waals surface area contributed by atoms with E-state index in [0.29, 0.717) is 11.5 Å². The van der Waals surface area contributed by atoms with E-state index in [1.54, 1.807) is 42.5 Å². The monoisotopic (exact) mass is 400 g/mol. The summed E-state index contributed by atoms with van der Waals surface area (Å²) in [6.45, 7) is -0.132. The highest BCUT2D eigenvalue weighted by molar-refractivity contribution is 5.89. The van der Waals surface area contributed by atoms with E-state index in [0.717, 1.165) is 11.1 Å². The van der Waals surface area contributed by atoms with Gasteiger partial charge < -0.3 is 9.47 Å². The van der Waals surface area contributed by atoms with Crippen LogP contribution in [-0.4, -0.2) is 24.7 Å². The number of hydrogen-bond donors (Lipinski definition) is 1. The second-order valence-electron chi connectivity index (χ2n) is 6.13. The molecule has 6 nitrogen and oxygen atoms in total. The molecule has 6 heteroatoms. The van der Waals surface area contributed by atoms with Crippen molar-refractivity contribution >= 4 is 24.2 Å². The largest absolute Gasteiger partial charge is 0.484 e. The Labute approximate surface area is 174 Å². The first-order valence-electron chi connectivity index (χ1n) is 9.24. The zero-order chi connectivity index (χ0) is 21.0. The number of esters is 1. The minimum absolute atomic E-state index is 0.132. The Kier molecular flexibility index (Phi) is 7.51. The summed E-state index contributed by atoms with van der Waals surface area (Å²) in [7, 11) is 0. The van der Waals surface area contributed by atoms with E-state index in [4.69, 9.17) is 9.47 Å². The summed E-state index contributed by atoms with van der Waals surface area (Å²) >= 11 is 0. The lowest BCUT2D eigenvalue weighted by Crippen LogP contribution is -2.24. The molecule has 30 heavy (non-hydrogen) atoms. The Morgan fingerprint density at radius 1 is 0.800 bits per heavy atom. The van der Waals surface area contributed by atoms with Crippen molar-refractivity contribution in [3.63, 3.8) is 0 Å². The van der Waals surface area contributed by atoms with Crippen LogP contribution in [0.25, 0.3) is 6.08 Å². The van der Waals surface area contributed by atoms with Crippen molar-refractivity contribution in [3.8, 4) is 11.5 Å². The van der Waals surface area contributed by atoms with Crippen molar-refractivity contribution in [2.45, 2.75) is 0 Å². The van der Waals surface area contributed by atoms with E-state index < -0.39 is 5.97 Å². The van der Waals surface area contributed by atoms with Gasteiger partial charge in [0.25, 0.3) is 5.91 Å². The number of nitrogens with one attached hydrogen (secondary N) is 1. The van der Waals surface area contributed by atoms with Crippen LogP contribution in [0.3, 0.4) is 0 Å². The van der Waals surface area contributed by atoms with Crippen LogP contribution in [0.15, 0.2) is 96.1 Å². The molecular formula is C24H20N2O4. The van der Waals surface area contributed by atoms with Crippen molar-refractivity contribution in [1.29, 1.82) is 0 Å². The van der Waals surface area contributed by atoms with Crippen LogP contribution < -0.4 is 14.9 Å². The third-order valence-electron chi connectivity index (χ3n) is 3.83. The molecule has 3 aromatic carbocycles. The first-order valence-corrected chi connectivity index (χ1v) is 9.24. The second kappa shape index (κ2) is 11.0. The summed E-state index contributed by atoms with van der Waals surface area (Å²) in [4.78, 5) is 23.6. The van der Waals surface area contributed by atoms with Gasteiger partial charge in [-0.2, -0.15) is 5.10 Å². The number of hydrazone groups is 1. The van der Waals surface area contributed by atoms with Crippen LogP contribution in [0.4, 0.5) is 0 Å². The quantitative estimate of drug-likeness (QED) is 0.205. The van der Waals surface area contributed by atoms with E-state index in [2.05, 4.69) is 10.5 Å². The van der Waals surface area contributed by atoms with Gasteiger partial charge in [-0.15, -0.1) is 0 Å². The number of hydrogen-bond acceptors (Lipinski definition) is 5. The fourth-order valence-electron chi connectivity index (χ4n) is 2.38. The van der Waals surface area contributed by atoms with Crippen LogP contribution in [-0.2, 0) is 9.59 Å². The van der Waals surface area contributed by atoms with Crippen molar-refractivity contribution in [2.24, 2.45) is 5.10 Å². The van der Waals surface area contributed by atoms with Crippen molar-refractivity contribution < 1.29 is 19.1 Å². The molecule has 0 saturated heterocycles. The molecule has 1 amide bonds. The second-order valence-corrected chi connectivity index (χ2v) is 6.13. The van der Waals surface area contributed by atoms with Crippen LogP contribution >= 0.6 is 0 Å². The highest BCUT2D eigenvalue weighted by atomic mass is 16.5. The van der Waals surface area contributed by atoms with Crippen LogP contribution in [0.2, 0.25) is 0 Å². The van der Waals surface area contributed by atoms with Crippen molar-refractivity contribution in [3.05, 3.63) is 102 Å². The molecule has 0 radical (unpaired) electrons. The van der Waals surface area contributed by atoms with Crippen LogP contribution in [0.1, 0.15) is 11.1 Å². The summed E-state index contributed by atoms with van der Waals surface area (Å²) in [6.07, 6.45) is 4.55. The first kappa shape index (κ1) is 20.5. The molecule has 0 aromatic heterocycles. The van der Waals surface area contributed by atoms with Gasteiger partial charge in [0.1, 0.15) is 11.5 Å². The van der Waals surface area contributed by atoms with E-state index in [1.165, 1.54) is 12.3 Å². The number of rotatable bonds is 8. The van der Waals surface area contributed by atoms with Gasteiger partial charge in [0.15, 0.2) is 6.61 Å². The Morgan fingerprint density at radius 3 is 2.17 bits per heavy atom. The first-order chi connectivity index (χ1) is 14.7. The van der Waals surface area contributed by atoms with Gasteiger partial charge in [-0.25, -0.2) is 10.2 Å². The molecule has 3 aromatic rings. The average molecular weight is 400 g/mol. The topological polar surface area (TPSA) is 77.0 Å². The lowest BCUT2D eigenvalue weighted by molar-refractivity contribution is -0.129. The van der Waals surface area contributed by atoms with Gasteiger partial charge in [-0.1, -0.05) is 48.5 Å². The van der Waals surface area contributed by atoms with Crippen LogP contribution in [0.5, 0.6) is 11.5 Å². The SMILES string of the molecule is O=C(COc1ccccc1)N/N=C/c1ccc(OC(=O)/C=C/c2ccccc2)cc1. The number of ether oxygens (including phenoxy) is 2. The molecule has 0 spiro atoms. The average Bonchev–Trinajstić information content (AvgIpc) is 2.79. The Morgan fingerprint density at radius 2 is 1.47 bits per heavy atom. The maximum Gasteiger partial charge on any atom is 0.336 e. The molecule has 0 aliphatic carbocycles. The summed E-state index contributed by atoms with van der Waals surface area (Å²) in [5, 5.41) is 3.88. The Balaban J connectivity index is 1.43. The van der Waals surface area contributed by atoms with Crippen LogP contribution in [0, 0.1) is 0 Å². The molecule has 0 atom stereocenters. The molecule has 0 bridgehead atoms. The Bertz CT molecular complexity index is 1010. The summed E-state index contributed by atoms with van der Waals surface area (Å²) in [5.74, 6) is 0.187. The molecule has 0 fully saturated rings. The lowest BCUT2D eigenvalue weighted by atomic mass is 10.2. The zero-order valence-electron chi connectivity index (χ0n) is 16.1. The highest BCUT2D eigenvalue weighted by Crippen LogP contribution is 2.12. The maximum atomic E-state index is 11.9. The normalized spacial score (nSPS) is 10.8. The summed E-state index contributed by atoms with van der Waals surface area (Å²) in [6, 6.07) is 25.3. The van der Waals surface area contributed by atoms with Gasteiger partial charge in [-0.05, 0) is 53.6 Å². The smallest absolute Gasteiger partial charge is 0.336 e. The van der Waals surface area contributed by atoms with E-state index in [-0.39, 0.29) is 12.5 Å². The number of benzene rings is 3. The van der Waals surface area contributed by atoms with Gasteiger partial charge >= 0.3 is 5.97 Å². The van der Waals surface area contributed by atoms with Crippen molar-refractivity contribution in [2.75, 3.05) is 6.61 Å². The lowest BCUT2D eigenvalue weighted by Gasteiger charge is -2.04. The van der Waals surface area contributed by atoms with E-state index in [9.17, 15) is 9.59 Å². The minimum atomic E-state index is -0.467. The molecule has 0 unspecified atom stereocenters. The van der Waals surface area contributed by atoms with E-state index >= 15 is 0 Å². The molecule has 0 saturated carbocycles. The number of amides is 1. The molecule has 0 aliphatic heterocycles. The maximum absolute atomic E-state index is 11.9. The van der Waals surface area contributed by atoms with Crippen molar-refractivity contribution in [1.82, 2.24) is 5.43 Å². The Hall–Kier alpha value is -4.19. The zero-order valence-corrected chi connectivity index (χ0v) is 16.1. The predicted molar refractivity (Wildman–Crippen MR) is 115 cm³/mol. The molecule has 0 aliphatic rings. The third-order valence-corrected chi connectivity index (χ3v) is 3.83. The third kappa shape index (κ3) is 7.09. The van der Waals surface area contributed by atoms with Gasteiger partial charge in [0, 0.05) is 6.08 Å².